The Morgan fingerprint density at radius 2 is 2.10 bits per heavy atom. The molecule has 0 spiro atoms. The molecule has 2 aliphatic rings. The lowest BCUT2D eigenvalue weighted by atomic mass is 10.0. The zero-order valence-electron chi connectivity index (χ0n) is 17.9. The SMILES string of the molecule is CC(C)C(NC(=O)CCCCC1SCC2NC(=O)NC21)c1nc2ccccc2n1C. The largest absolute Gasteiger partial charge is 0.346 e. The van der Waals surface area contributed by atoms with Gasteiger partial charge in [-0.1, -0.05) is 32.4 Å². The fraction of sp³-hybridized carbons (Fsp3) is 0.591. The Balaban J connectivity index is 1.28. The molecule has 1 aromatic carbocycles. The number of nitrogens with one attached hydrogen (secondary N) is 3. The monoisotopic (exact) mass is 429 g/mol. The smallest absolute Gasteiger partial charge is 0.315 e. The van der Waals surface area contributed by atoms with E-state index in [0.717, 1.165) is 41.9 Å². The minimum Gasteiger partial charge on any atom is -0.346 e. The maximum atomic E-state index is 12.7. The molecule has 3 amide bonds. The molecule has 1 aromatic heterocycles. The third kappa shape index (κ3) is 4.29. The van der Waals surface area contributed by atoms with Crippen LogP contribution in [0.5, 0.6) is 0 Å². The number of amides is 3. The summed E-state index contributed by atoms with van der Waals surface area (Å²) >= 11 is 1.92. The third-order valence-corrected chi connectivity index (χ3v) is 7.67. The number of imidazole rings is 1. The molecule has 2 aliphatic heterocycles. The first-order chi connectivity index (χ1) is 14.4. The van der Waals surface area contributed by atoms with Gasteiger partial charge in [0.1, 0.15) is 5.82 Å². The van der Waals surface area contributed by atoms with Gasteiger partial charge in [-0.2, -0.15) is 11.8 Å². The molecule has 2 fully saturated rings. The van der Waals surface area contributed by atoms with Gasteiger partial charge >= 0.3 is 6.03 Å². The molecular formula is C22H31N5O2S. The quantitative estimate of drug-likeness (QED) is 0.444. The van der Waals surface area contributed by atoms with E-state index in [1.165, 1.54) is 0 Å². The van der Waals surface area contributed by atoms with E-state index in [-0.39, 0.29) is 36.0 Å². The van der Waals surface area contributed by atoms with Crippen molar-refractivity contribution in [2.24, 2.45) is 13.0 Å². The maximum Gasteiger partial charge on any atom is 0.315 e. The van der Waals surface area contributed by atoms with Crippen molar-refractivity contribution >= 4 is 34.7 Å². The van der Waals surface area contributed by atoms with Crippen LogP contribution in [0.1, 0.15) is 51.4 Å². The molecule has 0 aliphatic carbocycles. The first kappa shape index (κ1) is 21.0. The molecule has 7 nitrogen and oxygen atoms in total. The number of unbranched alkanes of at least 4 members (excludes halogenated alkanes) is 1. The fourth-order valence-electron chi connectivity index (χ4n) is 4.49. The van der Waals surface area contributed by atoms with E-state index in [1.54, 1.807) is 0 Å². The average molecular weight is 430 g/mol. The van der Waals surface area contributed by atoms with Crippen molar-refractivity contribution in [3.8, 4) is 0 Å². The highest BCUT2D eigenvalue weighted by molar-refractivity contribution is 8.00. The van der Waals surface area contributed by atoms with Crippen molar-refractivity contribution in [3.63, 3.8) is 0 Å². The average Bonchev–Trinajstić information content (AvgIpc) is 3.36. The van der Waals surface area contributed by atoms with Crippen molar-refractivity contribution in [1.29, 1.82) is 0 Å². The highest BCUT2D eigenvalue weighted by Gasteiger charge is 2.42. The van der Waals surface area contributed by atoms with Gasteiger partial charge in [-0.3, -0.25) is 4.79 Å². The summed E-state index contributed by atoms with van der Waals surface area (Å²) in [5.41, 5.74) is 2.03. The van der Waals surface area contributed by atoms with Crippen LogP contribution < -0.4 is 16.0 Å². The first-order valence-corrected chi connectivity index (χ1v) is 11.9. The second-order valence-corrected chi connectivity index (χ2v) is 9.95. The second kappa shape index (κ2) is 8.88. The minimum absolute atomic E-state index is 0.0450. The van der Waals surface area contributed by atoms with Crippen molar-refractivity contribution < 1.29 is 9.59 Å². The summed E-state index contributed by atoms with van der Waals surface area (Å²) in [5, 5.41) is 9.66. The number of carbonyl (C=O) groups excluding carboxylic acids is 2. The summed E-state index contributed by atoms with van der Waals surface area (Å²) in [7, 11) is 2.01. The normalized spacial score (nSPS) is 24.0. The van der Waals surface area contributed by atoms with E-state index in [4.69, 9.17) is 4.98 Å². The van der Waals surface area contributed by atoms with Gasteiger partial charge in [0.25, 0.3) is 0 Å². The van der Waals surface area contributed by atoms with E-state index < -0.39 is 0 Å². The number of carbonyl (C=O) groups is 2. The first-order valence-electron chi connectivity index (χ1n) is 10.8. The summed E-state index contributed by atoms with van der Waals surface area (Å²) in [5.74, 6) is 2.20. The number of hydrogen-bond acceptors (Lipinski definition) is 4. The van der Waals surface area contributed by atoms with Crippen LogP contribution in [0.2, 0.25) is 0 Å². The van der Waals surface area contributed by atoms with Crippen LogP contribution in [-0.2, 0) is 11.8 Å². The van der Waals surface area contributed by atoms with Crippen LogP contribution in [0, 0.1) is 5.92 Å². The van der Waals surface area contributed by atoms with Gasteiger partial charge in [-0.05, 0) is 30.9 Å². The molecule has 8 heteroatoms. The molecule has 162 valence electrons. The van der Waals surface area contributed by atoms with Crippen molar-refractivity contribution in [2.45, 2.75) is 62.9 Å². The van der Waals surface area contributed by atoms with Crippen LogP contribution >= 0.6 is 11.8 Å². The molecule has 2 aromatic rings. The molecule has 0 bridgehead atoms. The van der Waals surface area contributed by atoms with E-state index >= 15 is 0 Å². The number of aromatic nitrogens is 2. The molecule has 3 N–H and O–H groups in total. The molecule has 2 saturated heterocycles. The van der Waals surface area contributed by atoms with E-state index in [0.29, 0.717) is 11.7 Å². The number of aryl methyl sites for hydroxylation is 1. The van der Waals surface area contributed by atoms with Gasteiger partial charge in [-0.25, -0.2) is 9.78 Å². The number of nitrogens with zero attached hydrogens (tertiary/aromatic N) is 2. The van der Waals surface area contributed by atoms with E-state index in [9.17, 15) is 9.59 Å². The highest BCUT2D eigenvalue weighted by atomic mass is 32.2. The van der Waals surface area contributed by atoms with Gasteiger partial charge < -0.3 is 20.5 Å². The molecule has 0 radical (unpaired) electrons. The van der Waals surface area contributed by atoms with Crippen molar-refractivity contribution in [1.82, 2.24) is 25.5 Å². The molecule has 4 atom stereocenters. The summed E-state index contributed by atoms with van der Waals surface area (Å²) in [6.07, 6.45) is 3.39. The standard InChI is InChI=1S/C22H31N5O2S/c1-13(2)19(21-23-14-8-4-5-9-16(14)27(21)3)25-18(28)11-7-6-10-17-20-15(12-30-17)24-22(29)26-20/h4-5,8-9,13,15,17,19-20H,6-7,10-12H2,1-3H3,(H,25,28)(H2,24,26,29). The predicted octanol–water partition coefficient (Wildman–Crippen LogP) is 3.11. The molecular weight excluding hydrogens is 398 g/mol. The van der Waals surface area contributed by atoms with Gasteiger partial charge in [0.15, 0.2) is 0 Å². The Bertz CT molecular complexity index is 927. The van der Waals surface area contributed by atoms with Crippen LogP contribution in [0.25, 0.3) is 11.0 Å². The fourth-order valence-corrected chi connectivity index (χ4v) is 6.03. The molecule has 4 unspecified atom stereocenters. The van der Waals surface area contributed by atoms with Crippen LogP contribution in [0.15, 0.2) is 24.3 Å². The Labute approximate surface area is 181 Å². The van der Waals surface area contributed by atoms with Gasteiger partial charge in [0.05, 0.1) is 29.2 Å². The maximum absolute atomic E-state index is 12.7. The van der Waals surface area contributed by atoms with Gasteiger partial charge in [-0.15, -0.1) is 0 Å². The lowest BCUT2D eigenvalue weighted by molar-refractivity contribution is -0.122. The third-order valence-electron chi connectivity index (χ3n) is 6.16. The van der Waals surface area contributed by atoms with Gasteiger partial charge in [0.2, 0.25) is 5.91 Å². The number of fused-ring (bicyclic) bond motifs is 2. The van der Waals surface area contributed by atoms with Crippen LogP contribution in [-0.4, -0.2) is 44.6 Å². The highest BCUT2D eigenvalue weighted by Crippen LogP contribution is 2.33. The summed E-state index contributed by atoms with van der Waals surface area (Å²) in [6, 6.07) is 8.40. The number of rotatable bonds is 8. The van der Waals surface area contributed by atoms with Crippen molar-refractivity contribution in [3.05, 3.63) is 30.1 Å². The molecule has 0 saturated carbocycles. The van der Waals surface area contributed by atoms with Crippen LogP contribution in [0.3, 0.4) is 0 Å². The number of benzene rings is 1. The Morgan fingerprint density at radius 3 is 2.87 bits per heavy atom. The lowest BCUT2D eigenvalue weighted by Gasteiger charge is -2.22. The summed E-state index contributed by atoms with van der Waals surface area (Å²) in [4.78, 5) is 28.9. The Morgan fingerprint density at radius 1 is 1.30 bits per heavy atom. The number of hydrogen-bond donors (Lipinski definition) is 3. The number of urea groups is 1. The Hall–Kier alpha value is -2.22. The number of para-hydroxylation sites is 2. The summed E-state index contributed by atoms with van der Waals surface area (Å²) < 4.78 is 2.08. The number of thioether (sulfide) groups is 1. The zero-order chi connectivity index (χ0) is 21.3. The molecule has 3 heterocycles. The molecule has 4 rings (SSSR count). The Kier molecular flexibility index (Phi) is 6.22. The van der Waals surface area contributed by atoms with Crippen molar-refractivity contribution in [2.75, 3.05) is 5.75 Å². The lowest BCUT2D eigenvalue weighted by Crippen LogP contribution is -2.36. The minimum atomic E-state index is -0.110. The summed E-state index contributed by atoms with van der Waals surface area (Å²) in [6.45, 7) is 4.23. The van der Waals surface area contributed by atoms with E-state index in [2.05, 4.69) is 40.4 Å². The zero-order valence-corrected chi connectivity index (χ0v) is 18.7. The topological polar surface area (TPSA) is 88.1 Å². The van der Waals surface area contributed by atoms with E-state index in [1.807, 2.05) is 37.0 Å². The molecule has 30 heavy (non-hydrogen) atoms. The van der Waals surface area contributed by atoms with Gasteiger partial charge in [0, 0.05) is 24.5 Å². The predicted molar refractivity (Wildman–Crippen MR) is 120 cm³/mol. The van der Waals surface area contributed by atoms with Crippen LogP contribution in [0.4, 0.5) is 4.79 Å². The second-order valence-electron chi connectivity index (χ2n) is 8.67.